The molecular formula is C13H20N2O3S. The monoisotopic (exact) mass is 284 g/mol. The van der Waals surface area contributed by atoms with E-state index >= 15 is 0 Å². The van der Waals surface area contributed by atoms with E-state index in [4.69, 9.17) is 5.73 Å². The molecule has 6 heteroatoms. The summed E-state index contributed by atoms with van der Waals surface area (Å²) >= 11 is 0. The molecule has 1 aromatic carbocycles. The molecule has 0 aliphatic carbocycles. The van der Waals surface area contributed by atoms with E-state index in [1.54, 1.807) is 0 Å². The van der Waals surface area contributed by atoms with Crippen molar-refractivity contribution in [3.8, 4) is 0 Å². The van der Waals surface area contributed by atoms with Crippen LogP contribution in [0.4, 0.5) is 0 Å². The average Bonchev–Trinajstić information content (AvgIpc) is 2.36. The van der Waals surface area contributed by atoms with Gasteiger partial charge in [-0.15, -0.1) is 0 Å². The summed E-state index contributed by atoms with van der Waals surface area (Å²) in [6.07, 6.45) is 1.05. The van der Waals surface area contributed by atoms with E-state index in [0.29, 0.717) is 6.54 Å². The highest BCUT2D eigenvalue weighted by atomic mass is 32.2. The maximum atomic E-state index is 11.8. The first-order valence-electron chi connectivity index (χ1n) is 6.04. The molecule has 19 heavy (non-hydrogen) atoms. The van der Waals surface area contributed by atoms with Gasteiger partial charge in [-0.2, -0.15) is 0 Å². The molecule has 1 aromatic rings. The van der Waals surface area contributed by atoms with Gasteiger partial charge in [-0.1, -0.05) is 24.3 Å². The molecule has 0 aliphatic heterocycles. The lowest BCUT2D eigenvalue weighted by Gasteiger charge is -2.17. The Kier molecular flexibility index (Phi) is 5.08. The molecule has 5 nitrogen and oxygen atoms in total. The van der Waals surface area contributed by atoms with E-state index in [9.17, 15) is 13.2 Å². The van der Waals surface area contributed by atoms with E-state index in [0.717, 1.165) is 17.4 Å². The molecule has 0 bridgehead atoms. The van der Waals surface area contributed by atoms with Crippen molar-refractivity contribution in [2.24, 2.45) is 5.73 Å². The number of nitrogens with one attached hydrogen (secondary N) is 1. The maximum absolute atomic E-state index is 11.8. The Hall–Kier alpha value is -1.40. The summed E-state index contributed by atoms with van der Waals surface area (Å²) in [5.41, 5.74) is 7.42. The van der Waals surface area contributed by atoms with Gasteiger partial charge >= 0.3 is 0 Å². The minimum absolute atomic E-state index is 0.247. The first-order chi connectivity index (χ1) is 8.75. The van der Waals surface area contributed by atoms with Crippen molar-refractivity contribution in [3.05, 3.63) is 35.4 Å². The van der Waals surface area contributed by atoms with Gasteiger partial charge in [-0.05, 0) is 25.0 Å². The van der Waals surface area contributed by atoms with Crippen LogP contribution in [0.25, 0.3) is 0 Å². The predicted octanol–water partition coefficient (Wildman–Crippen LogP) is 0.756. The minimum Gasteiger partial charge on any atom is -0.348 e. The van der Waals surface area contributed by atoms with Crippen molar-refractivity contribution in [3.63, 3.8) is 0 Å². The number of hydrogen-bond acceptors (Lipinski definition) is 4. The smallest absolute Gasteiger partial charge is 0.238 e. The third-order valence-corrected chi connectivity index (χ3v) is 4.58. The average molecular weight is 284 g/mol. The molecule has 0 fully saturated rings. The van der Waals surface area contributed by atoms with Gasteiger partial charge in [0.1, 0.15) is 5.25 Å². The molecule has 0 radical (unpaired) electrons. The maximum Gasteiger partial charge on any atom is 0.238 e. The Labute approximate surface area is 114 Å². The second-order valence-corrected chi connectivity index (χ2v) is 7.01. The van der Waals surface area contributed by atoms with Crippen LogP contribution >= 0.6 is 0 Å². The fraction of sp³-hybridized carbons (Fsp3) is 0.462. The molecule has 1 amide bonds. The molecule has 0 spiro atoms. The Bertz CT molecular complexity index is 538. The Balaban J connectivity index is 2.73. The third kappa shape index (κ3) is 4.33. The van der Waals surface area contributed by atoms with E-state index in [1.165, 1.54) is 6.92 Å². The summed E-state index contributed by atoms with van der Waals surface area (Å²) < 4.78 is 22.6. The molecule has 3 N–H and O–H groups in total. The Morgan fingerprint density at radius 2 is 1.79 bits per heavy atom. The van der Waals surface area contributed by atoms with Gasteiger partial charge in [0.2, 0.25) is 5.91 Å². The van der Waals surface area contributed by atoms with Gasteiger partial charge in [0.15, 0.2) is 9.84 Å². The minimum atomic E-state index is -3.37. The molecule has 2 atom stereocenters. The molecule has 0 aliphatic rings. The van der Waals surface area contributed by atoms with E-state index < -0.39 is 21.0 Å². The molecular weight excluding hydrogens is 264 g/mol. The molecule has 0 heterocycles. The summed E-state index contributed by atoms with van der Waals surface area (Å²) in [4.78, 5) is 11.8. The van der Waals surface area contributed by atoms with Gasteiger partial charge in [0.05, 0.1) is 6.04 Å². The van der Waals surface area contributed by atoms with Crippen molar-refractivity contribution in [1.82, 2.24) is 5.32 Å². The summed E-state index contributed by atoms with van der Waals surface area (Å²) in [6.45, 7) is 3.66. The first-order valence-corrected chi connectivity index (χ1v) is 7.99. The summed E-state index contributed by atoms with van der Waals surface area (Å²) in [5, 5.41) is 1.65. The number of hydrogen-bond donors (Lipinski definition) is 2. The highest BCUT2D eigenvalue weighted by molar-refractivity contribution is 7.92. The van der Waals surface area contributed by atoms with Crippen molar-refractivity contribution in [2.45, 2.75) is 31.7 Å². The zero-order chi connectivity index (χ0) is 14.6. The predicted molar refractivity (Wildman–Crippen MR) is 75.2 cm³/mol. The van der Waals surface area contributed by atoms with E-state index in [2.05, 4.69) is 5.32 Å². The molecule has 0 saturated carbocycles. The van der Waals surface area contributed by atoms with Crippen LogP contribution in [-0.4, -0.2) is 25.8 Å². The molecule has 1 rings (SSSR count). The lowest BCUT2D eigenvalue weighted by Crippen LogP contribution is -2.38. The molecule has 106 valence electrons. The quantitative estimate of drug-likeness (QED) is 0.835. The largest absolute Gasteiger partial charge is 0.348 e. The van der Waals surface area contributed by atoms with Gasteiger partial charge in [0, 0.05) is 12.8 Å². The lowest BCUT2D eigenvalue weighted by atomic mass is 10.1. The van der Waals surface area contributed by atoms with Crippen LogP contribution in [0.15, 0.2) is 24.3 Å². The Morgan fingerprint density at radius 1 is 1.26 bits per heavy atom. The van der Waals surface area contributed by atoms with Gasteiger partial charge < -0.3 is 11.1 Å². The number of carbonyl (C=O) groups is 1. The SMILES string of the molecule is CC(NC(=O)C(C)S(C)(=O)=O)c1ccc(CN)cc1. The van der Waals surface area contributed by atoms with Crippen molar-refractivity contribution in [1.29, 1.82) is 0 Å². The van der Waals surface area contributed by atoms with Gasteiger partial charge in [-0.25, -0.2) is 8.42 Å². The molecule has 0 saturated heterocycles. The standard InChI is InChI=1S/C13H20N2O3S/c1-9(12-6-4-11(8-14)5-7-12)15-13(16)10(2)19(3,17)18/h4-7,9-10H,8,14H2,1-3H3,(H,15,16). The van der Waals surface area contributed by atoms with Crippen LogP contribution in [0.2, 0.25) is 0 Å². The topological polar surface area (TPSA) is 89.3 Å². The molecule has 0 aromatic heterocycles. The number of nitrogens with two attached hydrogens (primary N) is 1. The summed E-state index contributed by atoms with van der Waals surface area (Å²) in [7, 11) is -3.37. The van der Waals surface area contributed by atoms with Crippen LogP contribution in [0, 0.1) is 0 Å². The number of benzene rings is 1. The Morgan fingerprint density at radius 3 is 2.21 bits per heavy atom. The third-order valence-electron chi connectivity index (χ3n) is 3.09. The zero-order valence-corrected chi connectivity index (χ0v) is 12.2. The van der Waals surface area contributed by atoms with Crippen LogP contribution in [0.3, 0.4) is 0 Å². The van der Waals surface area contributed by atoms with Gasteiger partial charge in [0.25, 0.3) is 0 Å². The van der Waals surface area contributed by atoms with Crippen LogP contribution in [0.1, 0.15) is 31.0 Å². The van der Waals surface area contributed by atoms with Crippen LogP contribution in [0.5, 0.6) is 0 Å². The normalized spacial score (nSPS) is 14.7. The highest BCUT2D eigenvalue weighted by Gasteiger charge is 2.24. The number of amides is 1. The van der Waals surface area contributed by atoms with Gasteiger partial charge in [-0.3, -0.25) is 4.79 Å². The fourth-order valence-electron chi connectivity index (χ4n) is 1.55. The number of carbonyl (C=O) groups excluding carboxylic acids is 1. The number of rotatable bonds is 5. The highest BCUT2D eigenvalue weighted by Crippen LogP contribution is 2.14. The second-order valence-electron chi connectivity index (χ2n) is 4.65. The van der Waals surface area contributed by atoms with E-state index in [1.807, 2.05) is 31.2 Å². The van der Waals surface area contributed by atoms with Crippen molar-refractivity contribution >= 4 is 15.7 Å². The fourth-order valence-corrected chi connectivity index (χ4v) is 2.01. The lowest BCUT2D eigenvalue weighted by molar-refractivity contribution is -0.121. The summed E-state index contributed by atoms with van der Waals surface area (Å²) in [6, 6.07) is 7.27. The zero-order valence-electron chi connectivity index (χ0n) is 11.4. The summed E-state index contributed by atoms with van der Waals surface area (Å²) in [5.74, 6) is -0.488. The first kappa shape index (κ1) is 15.7. The van der Waals surface area contributed by atoms with Crippen molar-refractivity contribution in [2.75, 3.05) is 6.26 Å². The van der Waals surface area contributed by atoms with Crippen LogP contribution in [-0.2, 0) is 21.2 Å². The van der Waals surface area contributed by atoms with E-state index in [-0.39, 0.29) is 6.04 Å². The second kappa shape index (κ2) is 6.16. The van der Waals surface area contributed by atoms with Crippen molar-refractivity contribution < 1.29 is 13.2 Å². The van der Waals surface area contributed by atoms with Crippen LogP contribution < -0.4 is 11.1 Å². The molecule has 2 unspecified atom stereocenters. The number of sulfone groups is 1.